The van der Waals surface area contributed by atoms with Crippen molar-refractivity contribution in [1.82, 2.24) is 0 Å². The molecule has 0 aromatic carbocycles. The minimum Gasteiger partial charge on any atom is -0.394 e. The number of rotatable bonds is 1. The van der Waals surface area contributed by atoms with Crippen molar-refractivity contribution >= 4 is 0 Å². The fourth-order valence-electron chi connectivity index (χ4n) is 1.28. The molecule has 1 heterocycles. The van der Waals surface area contributed by atoms with Gasteiger partial charge in [-0.2, -0.15) is 0 Å². The van der Waals surface area contributed by atoms with Gasteiger partial charge in [0.05, 0.1) is 6.61 Å². The third-order valence-electron chi connectivity index (χ3n) is 2.22. The van der Waals surface area contributed by atoms with Crippen LogP contribution < -0.4 is 0 Å². The zero-order valence-corrected chi connectivity index (χ0v) is 7.26. The normalized spacial score (nSPS) is 50.1. The van der Waals surface area contributed by atoms with Gasteiger partial charge in [-0.25, -0.2) is 0 Å². The minimum atomic E-state index is -1.76. The molecule has 0 bridgehead atoms. The molecule has 1 saturated heterocycles. The van der Waals surface area contributed by atoms with Gasteiger partial charge in [0, 0.05) is 0 Å². The molecule has 0 radical (unpaired) electrons. The highest BCUT2D eigenvalue weighted by atomic mass is 16.6. The molecule has 84 valence electrons. The van der Waals surface area contributed by atoms with Crippen molar-refractivity contribution in [1.29, 1.82) is 0 Å². The molecule has 1 rings (SSSR count). The zero-order valence-electron chi connectivity index (χ0n) is 7.26. The summed E-state index contributed by atoms with van der Waals surface area (Å²) in [5.41, 5.74) is 0. The summed E-state index contributed by atoms with van der Waals surface area (Å²) in [7, 11) is 0. The number of aliphatic hydroxyl groups excluding tert-OH is 6. The SMILES string of the molecule is OC[C@H]1O[C@@H](O)[C@@H](O)[C@H](O)[C@@H](O)[C@H]1O. The minimum absolute atomic E-state index is 0.644. The molecule has 0 aromatic rings. The van der Waals surface area contributed by atoms with Crippen molar-refractivity contribution in [2.24, 2.45) is 0 Å². The highest BCUT2D eigenvalue weighted by Crippen LogP contribution is 2.19. The molecular formula is C7H14O7. The van der Waals surface area contributed by atoms with Crippen molar-refractivity contribution in [3.63, 3.8) is 0 Å². The summed E-state index contributed by atoms with van der Waals surface area (Å²) in [6.45, 7) is -0.644. The Bertz CT molecular complexity index is 182. The fourth-order valence-corrected chi connectivity index (χ4v) is 1.28. The van der Waals surface area contributed by atoms with E-state index in [9.17, 15) is 15.3 Å². The van der Waals surface area contributed by atoms with Gasteiger partial charge in [0.15, 0.2) is 6.29 Å². The molecule has 6 atom stereocenters. The second-order valence-corrected chi connectivity index (χ2v) is 3.21. The van der Waals surface area contributed by atoms with Gasteiger partial charge in [0.2, 0.25) is 0 Å². The zero-order chi connectivity index (χ0) is 10.9. The van der Waals surface area contributed by atoms with Crippen LogP contribution in [0.2, 0.25) is 0 Å². The van der Waals surface area contributed by atoms with Crippen molar-refractivity contribution in [2.75, 3.05) is 6.61 Å². The maximum Gasteiger partial charge on any atom is 0.184 e. The van der Waals surface area contributed by atoms with Gasteiger partial charge in [-0.15, -0.1) is 0 Å². The van der Waals surface area contributed by atoms with E-state index in [4.69, 9.17) is 15.3 Å². The molecule has 0 saturated carbocycles. The van der Waals surface area contributed by atoms with Gasteiger partial charge in [0.1, 0.15) is 30.5 Å². The molecule has 7 nitrogen and oxygen atoms in total. The van der Waals surface area contributed by atoms with Crippen LogP contribution in [0.4, 0.5) is 0 Å². The van der Waals surface area contributed by atoms with Crippen LogP contribution in [0.3, 0.4) is 0 Å². The Morgan fingerprint density at radius 2 is 1.29 bits per heavy atom. The summed E-state index contributed by atoms with van der Waals surface area (Å²) in [5.74, 6) is 0. The fraction of sp³-hybridized carbons (Fsp3) is 1.00. The van der Waals surface area contributed by atoms with Crippen LogP contribution in [0.25, 0.3) is 0 Å². The number of ether oxygens (including phenoxy) is 1. The Balaban J connectivity index is 2.81. The van der Waals surface area contributed by atoms with Crippen LogP contribution in [-0.4, -0.2) is 74.1 Å². The van der Waals surface area contributed by atoms with Crippen molar-refractivity contribution in [3.05, 3.63) is 0 Å². The van der Waals surface area contributed by atoms with Gasteiger partial charge in [0.25, 0.3) is 0 Å². The summed E-state index contributed by atoms with van der Waals surface area (Å²) >= 11 is 0. The third-order valence-corrected chi connectivity index (χ3v) is 2.22. The first kappa shape index (κ1) is 11.8. The van der Waals surface area contributed by atoms with E-state index < -0.39 is 43.4 Å². The van der Waals surface area contributed by atoms with Crippen LogP contribution in [0.1, 0.15) is 0 Å². The molecule has 1 fully saturated rings. The first-order valence-electron chi connectivity index (χ1n) is 4.15. The van der Waals surface area contributed by atoms with Crippen LogP contribution in [0.5, 0.6) is 0 Å². The third kappa shape index (κ3) is 2.04. The van der Waals surface area contributed by atoms with E-state index in [0.717, 1.165) is 0 Å². The van der Waals surface area contributed by atoms with E-state index >= 15 is 0 Å². The molecule has 0 unspecified atom stereocenters. The van der Waals surface area contributed by atoms with Crippen molar-refractivity contribution in [2.45, 2.75) is 36.8 Å². The molecule has 0 spiro atoms. The standard InChI is InChI=1S/C7H14O7/c8-1-2-3(9)4(10)5(11)6(12)7(13)14-2/h2-13H,1H2/t2-,3+,4+,5-,6+,7-/m1/s1. The molecule has 14 heavy (non-hydrogen) atoms. The Morgan fingerprint density at radius 1 is 0.786 bits per heavy atom. The lowest BCUT2D eigenvalue weighted by Crippen LogP contribution is -2.47. The van der Waals surface area contributed by atoms with E-state index in [2.05, 4.69) is 4.74 Å². The molecule has 1 aliphatic rings. The van der Waals surface area contributed by atoms with Gasteiger partial charge < -0.3 is 35.4 Å². The summed E-state index contributed by atoms with van der Waals surface area (Å²) in [6.07, 6.45) is -9.70. The van der Waals surface area contributed by atoms with Gasteiger partial charge in [-0.3, -0.25) is 0 Å². The molecular weight excluding hydrogens is 196 g/mol. The second kappa shape index (κ2) is 4.49. The van der Waals surface area contributed by atoms with Gasteiger partial charge in [-0.05, 0) is 0 Å². The van der Waals surface area contributed by atoms with Crippen LogP contribution in [0.15, 0.2) is 0 Å². The quantitative estimate of drug-likeness (QED) is 0.261. The molecule has 0 amide bonds. The van der Waals surface area contributed by atoms with Crippen molar-refractivity contribution in [3.8, 4) is 0 Å². The highest BCUT2D eigenvalue weighted by molar-refractivity contribution is 4.90. The van der Waals surface area contributed by atoms with Crippen molar-refractivity contribution < 1.29 is 35.4 Å². The smallest absolute Gasteiger partial charge is 0.184 e. The first-order valence-corrected chi connectivity index (χ1v) is 4.15. The lowest BCUT2D eigenvalue weighted by Gasteiger charge is -2.23. The summed E-state index contributed by atoms with van der Waals surface area (Å²) in [6, 6.07) is 0. The lowest BCUT2D eigenvalue weighted by atomic mass is 10.0. The average molecular weight is 210 g/mol. The summed E-state index contributed by atoms with van der Waals surface area (Å²) in [5, 5.41) is 54.7. The second-order valence-electron chi connectivity index (χ2n) is 3.21. The monoisotopic (exact) mass is 210 g/mol. The number of hydrogen-bond acceptors (Lipinski definition) is 7. The van der Waals surface area contributed by atoms with Crippen LogP contribution in [0, 0.1) is 0 Å². The number of aliphatic hydroxyl groups is 6. The predicted molar refractivity (Wildman–Crippen MR) is 42.0 cm³/mol. The first-order chi connectivity index (χ1) is 6.49. The summed E-state index contributed by atoms with van der Waals surface area (Å²) in [4.78, 5) is 0. The highest BCUT2D eigenvalue weighted by Gasteiger charge is 2.43. The Morgan fingerprint density at radius 3 is 1.79 bits per heavy atom. The molecule has 6 N–H and O–H groups in total. The van der Waals surface area contributed by atoms with Crippen LogP contribution >= 0.6 is 0 Å². The predicted octanol–water partition coefficient (Wildman–Crippen LogP) is -3.86. The van der Waals surface area contributed by atoms with E-state index in [0.29, 0.717) is 0 Å². The molecule has 0 aliphatic carbocycles. The van der Waals surface area contributed by atoms with Crippen LogP contribution in [-0.2, 0) is 4.74 Å². The Kier molecular flexibility index (Phi) is 3.78. The average Bonchev–Trinajstić information content (AvgIpc) is 2.25. The Hall–Kier alpha value is -0.280. The number of hydrogen-bond donors (Lipinski definition) is 6. The van der Waals surface area contributed by atoms with Gasteiger partial charge in [-0.1, -0.05) is 0 Å². The largest absolute Gasteiger partial charge is 0.394 e. The van der Waals surface area contributed by atoms with E-state index in [-0.39, 0.29) is 0 Å². The van der Waals surface area contributed by atoms with Gasteiger partial charge >= 0.3 is 0 Å². The topological polar surface area (TPSA) is 131 Å². The van der Waals surface area contributed by atoms with E-state index in [1.165, 1.54) is 0 Å². The molecule has 0 aromatic heterocycles. The molecule has 1 aliphatic heterocycles. The lowest BCUT2D eigenvalue weighted by molar-refractivity contribution is -0.208. The maximum absolute atomic E-state index is 9.31. The molecule has 7 heteroatoms. The summed E-state index contributed by atoms with van der Waals surface area (Å²) < 4.78 is 4.61. The van der Waals surface area contributed by atoms with E-state index in [1.807, 2.05) is 0 Å². The Labute approximate surface area is 79.8 Å². The maximum atomic E-state index is 9.31. The van der Waals surface area contributed by atoms with E-state index in [1.54, 1.807) is 0 Å².